The molecule has 1 atom stereocenters. The Labute approximate surface area is 154 Å². The molecular formula is C18H17ClN2O3S. The molecule has 1 aromatic heterocycles. The molecule has 1 unspecified atom stereocenters. The van der Waals surface area contributed by atoms with E-state index in [1.807, 2.05) is 25.1 Å². The van der Waals surface area contributed by atoms with Gasteiger partial charge in [-0.3, -0.25) is 10.1 Å². The van der Waals surface area contributed by atoms with Crippen molar-refractivity contribution in [2.45, 2.75) is 20.0 Å². The molecule has 0 saturated carbocycles. The summed E-state index contributed by atoms with van der Waals surface area (Å²) in [5.74, 6) is 1.03. The van der Waals surface area contributed by atoms with E-state index in [1.165, 1.54) is 11.3 Å². The van der Waals surface area contributed by atoms with Crippen LogP contribution in [-0.2, 0) is 4.79 Å². The molecule has 5 nitrogen and oxygen atoms in total. The van der Waals surface area contributed by atoms with Crippen molar-refractivity contribution in [3.63, 3.8) is 0 Å². The molecule has 130 valence electrons. The summed E-state index contributed by atoms with van der Waals surface area (Å²) in [7, 11) is 1.59. The molecule has 0 aliphatic heterocycles. The van der Waals surface area contributed by atoms with E-state index >= 15 is 0 Å². The number of aromatic nitrogens is 1. The van der Waals surface area contributed by atoms with E-state index in [0.717, 1.165) is 15.8 Å². The van der Waals surface area contributed by atoms with Crippen LogP contribution in [0, 0.1) is 6.92 Å². The number of amides is 1. The quantitative estimate of drug-likeness (QED) is 0.702. The molecule has 0 aliphatic rings. The van der Waals surface area contributed by atoms with Crippen LogP contribution in [0.3, 0.4) is 0 Å². The molecule has 3 aromatic rings. The smallest absolute Gasteiger partial charge is 0.266 e. The normalized spacial score (nSPS) is 12.0. The minimum Gasteiger partial charge on any atom is -0.494 e. The number of methoxy groups -OCH3 is 1. The minimum absolute atomic E-state index is 0.271. The molecule has 0 spiro atoms. The second-order valence-corrected chi connectivity index (χ2v) is 6.95. The van der Waals surface area contributed by atoms with Gasteiger partial charge in [-0.25, -0.2) is 4.98 Å². The van der Waals surface area contributed by atoms with Gasteiger partial charge in [-0.05, 0) is 49.7 Å². The number of benzene rings is 2. The van der Waals surface area contributed by atoms with Crippen LogP contribution in [0.15, 0.2) is 36.4 Å². The molecule has 0 saturated heterocycles. The fourth-order valence-corrected chi connectivity index (χ4v) is 3.45. The van der Waals surface area contributed by atoms with Crippen molar-refractivity contribution < 1.29 is 14.3 Å². The number of nitrogens with one attached hydrogen (secondary N) is 1. The van der Waals surface area contributed by atoms with Crippen LogP contribution in [0.5, 0.6) is 11.5 Å². The van der Waals surface area contributed by atoms with E-state index in [2.05, 4.69) is 10.3 Å². The van der Waals surface area contributed by atoms with Gasteiger partial charge in [0, 0.05) is 5.02 Å². The Morgan fingerprint density at radius 1 is 1.28 bits per heavy atom. The van der Waals surface area contributed by atoms with E-state index in [4.69, 9.17) is 21.1 Å². The van der Waals surface area contributed by atoms with Crippen molar-refractivity contribution >= 4 is 44.2 Å². The van der Waals surface area contributed by atoms with Crippen LogP contribution in [0.4, 0.5) is 5.13 Å². The number of anilines is 1. The van der Waals surface area contributed by atoms with Crippen LogP contribution in [-0.4, -0.2) is 24.1 Å². The third kappa shape index (κ3) is 3.86. The lowest BCUT2D eigenvalue weighted by molar-refractivity contribution is -0.122. The molecule has 0 aliphatic carbocycles. The van der Waals surface area contributed by atoms with Crippen molar-refractivity contribution in [3.8, 4) is 11.5 Å². The highest BCUT2D eigenvalue weighted by Gasteiger charge is 2.18. The molecule has 7 heteroatoms. The van der Waals surface area contributed by atoms with Gasteiger partial charge in [0.2, 0.25) is 0 Å². The number of thiazole rings is 1. The van der Waals surface area contributed by atoms with Gasteiger partial charge in [-0.1, -0.05) is 29.0 Å². The first-order chi connectivity index (χ1) is 12.0. The lowest BCUT2D eigenvalue weighted by atomic mass is 10.2. The molecule has 25 heavy (non-hydrogen) atoms. The van der Waals surface area contributed by atoms with Gasteiger partial charge >= 0.3 is 0 Å². The van der Waals surface area contributed by atoms with E-state index in [1.54, 1.807) is 32.2 Å². The third-order valence-electron chi connectivity index (χ3n) is 3.64. The van der Waals surface area contributed by atoms with Crippen LogP contribution in [0.25, 0.3) is 10.2 Å². The Morgan fingerprint density at radius 3 is 2.80 bits per heavy atom. The van der Waals surface area contributed by atoms with Gasteiger partial charge in [0.1, 0.15) is 17.0 Å². The zero-order valence-electron chi connectivity index (χ0n) is 14.0. The summed E-state index contributed by atoms with van der Waals surface area (Å²) in [6.07, 6.45) is -0.672. The number of carbonyl (C=O) groups is 1. The zero-order valence-corrected chi connectivity index (χ0v) is 15.6. The number of aryl methyl sites for hydroxylation is 1. The lowest BCUT2D eigenvalue weighted by Gasteiger charge is -2.15. The van der Waals surface area contributed by atoms with Gasteiger partial charge in [-0.15, -0.1) is 0 Å². The van der Waals surface area contributed by atoms with E-state index in [-0.39, 0.29) is 5.91 Å². The van der Waals surface area contributed by atoms with E-state index in [0.29, 0.717) is 21.7 Å². The molecule has 1 heterocycles. The largest absolute Gasteiger partial charge is 0.494 e. The highest BCUT2D eigenvalue weighted by Crippen LogP contribution is 2.32. The predicted molar refractivity (Wildman–Crippen MR) is 101 cm³/mol. The maximum Gasteiger partial charge on any atom is 0.266 e. The third-order valence-corrected chi connectivity index (χ3v) is 4.81. The SMILES string of the molecule is COc1cccc2sc(NC(=O)C(C)Oc3ccc(Cl)cc3C)nc12. The molecule has 0 bridgehead atoms. The van der Waals surface area contributed by atoms with Crippen LogP contribution in [0.2, 0.25) is 5.02 Å². The lowest BCUT2D eigenvalue weighted by Crippen LogP contribution is -2.30. The predicted octanol–water partition coefficient (Wildman–Crippen LogP) is 4.67. The van der Waals surface area contributed by atoms with Crippen molar-refractivity contribution in [3.05, 3.63) is 47.0 Å². The van der Waals surface area contributed by atoms with Gasteiger partial charge in [-0.2, -0.15) is 0 Å². The number of fused-ring (bicyclic) bond motifs is 1. The first-order valence-electron chi connectivity index (χ1n) is 7.65. The van der Waals surface area contributed by atoms with Crippen molar-refractivity contribution in [1.29, 1.82) is 0 Å². The Hall–Kier alpha value is -2.31. The van der Waals surface area contributed by atoms with Crippen molar-refractivity contribution in [1.82, 2.24) is 4.98 Å². The van der Waals surface area contributed by atoms with Crippen molar-refractivity contribution in [2.75, 3.05) is 12.4 Å². The molecule has 2 aromatic carbocycles. The molecule has 0 radical (unpaired) electrons. The zero-order chi connectivity index (χ0) is 18.0. The maximum absolute atomic E-state index is 12.4. The molecular weight excluding hydrogens is 360 g/mol. The fourth-order valence-electron chi connectivity index (χ4n) is 2.34. The van der Waals surface area contributed by atoms with E-state index < -0.39 is 6.10 Å². The number of hydrogen-bond donors (Lipinski definition) is 1. The first kappa shape index (κ1) is 17.5. The number of halogens is 1. The van der Waals surface area contributed by atoms with Gasteiger partial charge in [0.25, 0.3) is 5.91 Å². The summed E-state index contributed by atoms with van der Waals surface area (Å²) < 4.78 is 12.0. The Balaban J connectivity index is 1.73. The average Bonchev–Trinajstić information content (AvgIpc) is 2.99. The standard InChI is InChI=1S/C18H17ClN2O3S/c1-10-9-12(19)7-8-13(10)24-11(2)17(22)21-18-20-16-14(23-3)5-4-6-15(16)25-18/h4-9,11H,1-3H3,(H,20,21,22). The Bertz CT molecular complexity index is 926. The summed E-state index contributed by atoms with van der Waals surface area (Å²) in [6.45, 7) is 3.57. The average molecular weight is 377 g/mol. The van der Waals surface area contributed by atoms with Crippen LogP contribution >= 0.6 is 22.9 Å². The number of ether oxygens (including phenoxy) is 2. The monoisotopic (exact) mass is 376 g/mol. The Kier molecular flexibility index (Phi) is 5.11. The van der Waals surface area contributed by atoms with Crippen molar-refractivity contribution in [2.24, 2.45) is 0 Å². The van der Waals surface area contributed by atoms with Crippen LogP contribution in [0.1, 0.15) is 12.5 Å². The van der Waals surface area contributed by atoms with Gasteiger partial charge in [0.05, 0.1) is 11.8 Å². The summed E-state index contributed by atoms with van der Waals surface area (Å²) in [5, 5.41) is 3.93. The first-order valence-corrected chi connectivity index (χ1v) is 8.84. The minimum atomic E-state index is -0.672. The summed E-state index contributed by atoms with van der Waals surface area (Å²) in [6, 6.07) is 10.9. The molecule has 0 fully saturated rings. The summed E-state index contributed by atoms with van der Waals surface area (Å²) >= 11 is 7.32. The molecule has 1 N–H and O–H groups in total. The molecule has 3 rings (SSSR count). The number of hydrogen-bond acceptors (Lipinski definition) is 5. The molecule has 1 amide bonds. The number of nitrogens with zero attached hydrogens (tertiary/aromatic N) is 1. The highest BCUT2D eigenvalue weighted by molar-refractivity contribution is 7.22. The van der Waals surface area contributed by atoms with Crippen LogP contribution < -0.4 is 14.8 Å². The number of para-hydroxylation sites is 1. The second kappa shape index (κ2) is 7.29. The highest BCUT2D eigenvalue weighted by atomic mass is 35.5. The van der Waals surface area contributed by atoms with E-state index in [9.17, 15) is 4.79 Å². The fraction of sp³-hybridized carbons (Fsp3) is 0.222. The number of carbonyl (C=O) groups excluding carboxylic acids is 1. The number of rotatable bonds is 5. The summed E-state index contributed by atoms with van der Waals surface area (Å²) in [5.41, 5.74) is 1.60. The summed E-state index contributed by atoms with van der Waals surface area (Å²) in [4.78, 5) is 16.8. The Morgan fingerprint density at radius 2 is 2.08 bits per heavy atom. The van der Waals surface area contributed by atoms with Gasteiger partial charge in [0.15, 0.2) is 11.2 Å². The maximum atomic E-state index is 12.4. The van der Waals surface area contributed by atoms with Gasteiger partial charge < -0.3 is 9.47 Å². The second-order valence-electron chi connectivity index (χ2n) is 5.49. The topological polar surface area (TPSA) is 60.5 Å².